The van der Waals surface area contributed by atoms with Crippen molar-refractivity contribution in [2.24, 2.45) is 16.3 Å². The molecule has 2 heterocycles. The van der Waals surface area contributed by atoms with Gasteiger partial charge in [-0.05, 0) is 31.6 Å². The predicted molar refractivity (Wildman–Crippen MR) is 94.8 cm³/mol. The van der Waals surface area contributed by atoms with E-state index in [0.717, 1.165) is 51.3 Å². The SMILES string of the molecule is CN=C(NCC(O)C1CCCCC1)N1CCCC2(CNC(=O)C2)C1. The van der Waals surface area contributed by atoms with Crippen LogP contribution in [-0.2, 0) is 4.79 Å². The minimum Gasteiger partial charge on any atom is -0.391 e. The lowest BCUT2D eigenvalue weighted by molar-refractivity contribution is -0.119. The van der Waals surface area contributed by atoms with Crippen LogP contribution >= 0.6 is 0 Å². The molecule has 136 valence electrons. The largest absolute Gasteiger partial charge is 0.391 e. The number of aliphatic hydroxyl groups is 1. The molecule has 2 aliphatic heterocycles. The van der Waals surface area contributed by atoms with Crippen LogP contribution in [0.3, 0.4) is 0 Å². The highest BCUT2D eigenvalue weighted by molar-refractivity contribution is 5.81. The van der Waals surface area contributed by atoms with Crippen molar-refractivity contribution in [3.63, 3.8) is 0 Å². The van der Waals surface area contributed by atoms with E-state index in [1.54, 1.807) is 7.05 Å². The molecule has 0 aromatic rings. The first-order valence-electron chi connectivity index (χ1n) is 9.52. The van der Waals surface area contributed by atoms with E-state index in [-0.39, 0.29) is 17.4 Å². The van der Waals surface area contributed by atoms with Gasteiger partial charge < -0.3 is 20.6 Å². The fraction of sp³-hybridized carbons (Fsp3) is 0.889. The predicted octanol–water partition coefficient (Wildman–Crippen LogP) is 1.11. The Labute approximate surface area is 145 Å². The Morgan fingerprint density at radius 1 is 1.42 bits per heavy atom. The normalized spacial score (nSPS) is 30.5. The van der Waals surface area contributed by atoms with Gasteiger partial charge >= 0.3 is 0 Å². The van der Waals surface area contributed by atoms with Gasteiger partial charge in [0.05, 0.1) is 6.10 Å². The summed E-state index contributed by atoms with van der Waals surface area (Å²) in [5, 5.41) is 16.8. The topological polar surface area (TPSA) is 77.0 Å². The summed E-state index contributed by atoms with van der Waals surface area (Å²) in [4.78, 5) is 18.3. The number of hydrogen-bond acceptors (Lipinski definition) is 3. The van der Waals surface area contributed by atoms with Crippen molar-refractivity contribution in [3.05, 3.63) is 0 Å². The zero-order valence-electron chi connectivity index (χ0n) is 14.9. The van der Waals surface area contributed by atoms with Crippen LogP contribution in [-0.4, -0.2) is 61.2 Å². The van der Waals surface area contributed by atoms with Crippen LogP contribution in [0.2, 0.25) is 0 Å². The summed E-state index contributed by atoms with van der Waals surface area (Å²) in [6.07, 6.45) is 8.59. The molecule has 1 saturated carbocycles. The molecule has 0 radical (unpaired) electrons. The molecule has 0 aromatic carbocycles. The van der Waals surface area contributed by atoms with E-state index in [4.69, 9.17) is 0 Å². The molecular weight excluding hydrogens is 304 g/mol. The summed E-state index contributed by atoms with van der Waals surface area (Å²) in [5.41, 5.74) is 0.0644. The quantitative estimate of drug-likeness (QED) is 0.533. The standard InChI is InChI=1S/C18H32N4O2/c1-19-17(20-11-15(23)14-6-3-2-4-7-14)22-9-5-8-18(13-22)10-16(24)21-12-18/h14-15,23H,2-13H2,1H3,(H,19,20)(H,21,24). The summed E-state index contributed by atoms with van der Waals surface area (Å²) in [5.74, 6) is 1.46. The van der Waals surface area contributed by atoms with Gasteiger partial charge in [-0.1, -0.05) is 19.3 Å². The lowest BCUT2D eigenvalue weighted by atomic mass is 9.79. The average Bonchev–Trinajstić information content (AvgIpc) is 2.96. The number of carbonyl (C=O) groups excluding carboxylic acids is 1. The maximum Gasteiger partial charge on any atom is 0.220 e. The van der Waals surface area contributed by atoms with E-state index >= 15 is 0 Å². The molecule has 0 aromatic heterocycles. The number of amides is 1. The van der Waals surface area contributed by atoms with Crippen LogP contribution < -0.4 is 10.6 Å². The molecule has 2 saturated heterocycles. The minimum absolute atomic E-state index is 0.0644. The van der Waals surface area contributed by atoms with Gasteiger partial charge in [-0.25, -0.2) is 0 Å². The number of nitrogens with one attached hydrogen (secondary N) is 2. The number of aliphatic hydroxyl groups excluding tert-OH is 1. The van der Waals surface area contributed by atoms with E-state index in [0.29, 0.717) is 18.9 Å². The van der Waals surface area contributed by atoms with E-state index < -0.39 is 0 Å². The first-order chi connectivity index (χ1) is 11.6. The number of hydrogen-bond donors (Lipinski definition) is 3. The number of nitrogens with zero attached hydrogens (tertiary/aromatic N) is 2. The average molecular weight is 336 g/mol. The zero-order valence-corrected chi connectivity index (χ0v) is 14.9. The van der Waals surface area contributed by atoms with Crippen LogP contribution in [0.5, 0.6) is 0 Å². The lowest BCUT2D eigenvalue weighted by Gasteiger charge is -2.41. The fourth-order valence-corrected chi connectivity index (χ4v) is 4.64. The number of guanidine groups is 1. The van der Waals surface area contributed by atoms with Crippen LogP contribution in [0, 0.1) is 11.3 Å². The smallest absolute Gasteiger partial charge is 0.220 e. The minimum atomic E-state index is -0.296. The summed E-state index contributed by atoms with van der Waals surface area (Å²) in [7, 11) is 1.80. The molecule has 3 rings (SSSR count). The number of aliphatic imine (C=N–C) groups is 1. The molecule has 1 spiro atoms. The summed E-state index contributed by atoms with van der Waals surface area (Å²) in [6, 6.07) is 0. The van der Waals surface area contributed by atoms with Gasteiger partial charge in [0.15, 0.2) is 5.96 Å². The fourth-order valence-electron chi connectivity index (χ4n) is 4.64. The Kier molecular flexibility index (Phi) is 5.64. The van der Waals surface area contributed by atoms with Crippen molar-refractivity contribution in [3.8, 4) is 0 Å². The van der Waals surface area contributed by atoms with Gasteiger partial charge in [0, 0.05) is 45.1 Å². The van der Waals surface area contributed by atoms with Crippen molar-refractivity contribution in [1.29, 1.82) is 0 Å². The van der Waals surface area contributed by atoms with Gasteiger partial charge in [-0.3, -0.25) is 9.79 Å². The second kappa shape index (κ2) is 7.72. The molecule has 1 amide bonds. The lowest BCUT2D eigenvalue weighted by Crippen LogP contribution is -2.52. The summed E-state index contributed by atoms with van der Waals surface area (Å²) >= 11 is 0. The molecule has 6 nitrogen and oxygen atoms in total. The van der Waals surface area contributed by atoms with Crippen LogP contribution in [0.25, 0.3) is 0 Å². The Bertz CT molecular complexity index is 476. The molecule has 3 aliphatic rings. The number of piperidine rings is 1. The third-order valence-corrected chi connectivity index (χ3v) is 6.03. The van der Waals surface area contributed by atoms with Crippen molar-refractivity contribution >= 4 is 11.9 Å². The van der Waals surface area contributed by atoms with Crippen molar-refractivity contribution < 1.29 is 9.90 Å². The second-order valence-electron chi connectivity index (χ2n) is 7.87. The van der Waals surface area contributed by atoms with Crippen molar-refractivity contribution in [1.82, 2.24) is 15.5 Å². The highest BCUT2D eigenvalue weighted by Gasteiger charge is 2.42. The summed E-state index contributed by atoms with van der Waals surface area (Å²) < 4.78 is 0. The van der Waals surface area contributed by atoms with Gasteiger partial charge in [-0.15, -0.1) is 0 Å². The van der Waals surface area contributed by atoms with Gasteiger partial charge in [0.2, 0.25) is 5.91 Å². The molecular formula is C18H32N4O2. The van der Waals surface area contributed by atoms with Crippen molar-refractivity contribution in [2.45, 2.75) is 57.5 Å². The second-order valence-corrected chi connectivity index (χ2v) is 7.87. The molecule has 2 unspecified atom stereocenters. The monoisotopic (exact) mass is 336 g/mol. The molecule has 6 heteroatoms. The first-order valence-corrected chi connectivity index (χ1v) is 9.52. The Morgan fingerprint density at radius 2 is 2.21 bits per heavy atom. The summed E-state index contributed by atoms with van der Waals surface area (Å²) in [6.45, 7) is 3.18. The highest BCUT2D eigenvalue weighted by Crippen LogP contribution is 2.36. The van der Waals surface area contributed by atoms with Gasteiger partial charge in [0.1, 0.15) is 0 Å². The zero-order chi connectivity index (χ0) is 17.0. The number of rotatable bonds is 3. The van der Waals surface area contributed by atoms with E-state index in [2.05, 4.69) is 20.5 Å². The Morgan fingerprint density at radius 3 is 2.88 bits per heavy atom. The molecule has 0 bridgehead atoms. The van der Waals surface area contributed by atoms with Crippen molar-refractivity contribution in [2.75, 3.05) is 33.2 Å². The van der Waals surface area contributed by atoms with E-state index in [1.807, 2.05) is 0 Å². The molecule has 3 N–H and O–H groups in total. The van der Waals surface area contributed by atoms with Gasteiger partial charge in [0.25, 0.3) is 0 Å². The molecule has 24 heavy (non-hydrogen) atoms. The van der Waals surface area contributed by atoms with Crippen LogP contribution in [0.15, 0.2) is 4.99 Å². The van der Waals surface area contributed by atoms with Crippen LogP contribution in [0.4, 0.5) is 0 Å². The third kappa shape index (κ3) is 4.02. The molecule has 1 aliphatic carbocycles. The first kappa shape index (κ1) is 17.5. The van der Waals surface area contributed by atoms with E-state index in [9.17, 15) is 9.90 Å². The number of likely N-dealkylation sites (tertiary alicyclic amines) is 1. The highest BCUT2D eigenvalue weighted by atomic mass is 16.3. The molecule has 3 fully saturated rings. The third-order valence-electron chi connectivity index (χ3n) is 6.03. The maximum atomic E-state index is 11.6. The van der Waals surface area contributed by atoms with E-state index in [1.165, 1.54) is 19.3 Å². The van der Waals surface area contributed by atoms with Crippen LogP contribution in [0.1, 0.15) is 51.4 Å². The van der Waals surface area contributed by atoms with Gasteiger partial charge in [-0.2, -0.15) is 0 Å². The Hall–Kier alpha value is -1.30. The molecule has 2 atom stereocenters. The Balaban J connectivity index is 1.53. The number of carbonyl (C=O) groups is 1. The maximum absolute atomic E-state index is 11.6.